The van der Waals surface area contributed by atoms with Gasteiger partial charge in [-0.1, -0.05) is 0 Å². The normalized spacial score (nSPS) is 28.9. The Hall–Kier alpha value is -0.900. The molecular weight excluding hydrogens is 182 g/mol. The number of ketones is 1. The largest absolute Gasteiger partial charge is 0.468 e. The van der Waals surface area contributed by atoms with E-state index in [2.05, 4.69) is 9.64 Å². The third kappa shape index (κ3) is 1.80. The van der Waals surface area contributed by atoms with Gasteiger partial charge in [-0.15, -0.1) is 0 Å². The van der Waals surface area contributed by atoms with Crippen LogP contribution in [0.4, 0.5) is 0 Å². The van der Waals surface area contributed by atoms with Gasteiger partial charge in [0.15, 0.2) is 0 Å². The number of hydrogen-bond acceptors (Lipinski definition) is 4. The van der Waals surface area contributed by atoms with Gasteiger partial charge in [0.05, 0.1) is 7.11 Å². The van der Waals surface area contributed by atoms with Crippen molar-refractivity contribution < 1.29 is 14.3 Å². The molecular formula is C10H15NO3. The fourth-order valence-corrected chi connectivity index (χ4v) is 1.98. The first-order chi connectivity index (χ1) is 6.72. The summed E-state index contributed by atoms with van der Waals surface area (Å²) in [7, 11) is 1.34. The van der Waals surface area contributed by atoms with Crippen molar-refractivity contribution in [3.8, 4) is 0 Å². The molecule has 2 rings (SSSR count). The highest BCUT2D eigenvalue weighted by molar-refractivity contribution is 5.99. The van der Waals surface area contributed by atoms with Crippen LogP contribution in [0.2, 0.25) is 0 Å². The predicted octanol–water partition coefficient (Wildman–Crippen LogP) is 0.213. The molecule has 1 saturated carbocycles. The molecule has 14 heavy (non-hydrogen) atoms. The second kappa shape index (κ2) is 3.69. The minimum absolute atomic E-state index is 0.0359. The zero-order valence-electron chi connectivity index (χ0n) is 8.36. The molecule has 0 amide bonds. The monoisotopic (exact) mass is 197 g/mol. The summed E-state index contributed by atoms with van der Waals surface area (Å²) >= 11 is 0. The molecule has 2 fully saturated rings. The van der Waals surface area contributed by atoms with Gasteiger partial charge < -0.3 is 4.74 Å². The highest BCUT2D eigenvalue weighted by Crippen LogP contribution is 2.30. The van der Waals surface area contributed by atoms with Crippen LogP contribution in [0.5, 0.6) is 0 Å². The molecule has 1 aliphatic heterocycles. The van der Waals surface area contributed by atoms with Crippen LogP contribution >= 0.6 is 0 Å². The van der Waals surface area contributed by atoms with Crippen LogP contribution in [-0.2, 0) is 14.3 Å². The van der Waals surface area contributed by atoms with Gasteiger partial charge in [-0.3, -0.25) is 14.5 Å². The Morgan fingerprint density at radius 2 is 2.21 bits per heavy atom. The Bertz CT molecular complexity index is 252. The van der Waals surface area contributed by atoms with Crippen LogP contribution in [0.1, 0.15) is 19.3 Å². The van der Waals surface area contributed by atoms with E-state index >= 15 is 0 Å². The van der Waals surface area contributed by atoms with Crippen molar-refractivity contribution >= 4 is 11.8 Å². The minimum atomic E-state index is -0.533. The molecule has 1 aliphatic carbocycles. The molecule has 4 nitrogen and oxygen atoms in total. The number of rotatable bonds is 2. The lowest BCUT2D eigenvalue weighted by molar-refractivity contribution is -0.151. The zero-order chi connectivity index (χ0) is 10.1. The Labute approximate surface area is 83.2 Å². The van der Waals surface area contributed by atoms with Gasteiger partial charge in [-0.05, 0) is 12.8 Å². The molecule has 0 N–H and O–H groups in total. The summed E-state index contributed by atoms with van der Waals surface area (Å²) in [6, 6.07) is 0.621. The van der Waals surface area contributed by atoms with Crippen LogP contribution in [0.15, 0.2) is 0 Å². The molecule has 78 valence electrons. The average molecular weight is 197 g/mol. The van der Waals surface area contributed by atoms with Crippen LogP contribution in [0.3, 0.4) is 0 Å². The molecule has 1 saturated heterocycles. The molecule has 4 heteroatoms. The Morgan fingerprint density at radius 3 is 2.79 bits per heavy atom. The van der Waals surface area contributed by atoms with Crippen LogP contribution < -0.4 is 0 Å². The van der Waals surface area contributed by atoms with Crippen molar-refractivity contribution in [2.75, 3.05) is 20.2 Å². The number of hydrogen-bond donors (Lipinski definition) is 0. The predicted molar refractivity (Wildman–Crippen MR) is 49.7 cm³/mol. The summed E-state index contributed by atoms with van der Waals surface area (Å²) in [5.41, 5.74) is 0. The molecule has 1 heterocycles. The van der Waals surface area contributed by atoms with Crippen molar-refractivity contribution in [1.82, 2.24) is 4.90 Å². The molecule has 0 aromatic heterocycles. The smallest absolute Gasteiger partial charge is 0.317 e. The van der Waals surface area contributed by atoms with Crippen molar-refractivity contribution in [3.05, 3.63) is 0 Å². The molecule has 0 aromatic carbocycles. The molecule has 0 bridgehead atoms. The van der Waals surface area contributed by atoms with E-state index in [-0.39, 0.29) is 11.8 Å². The second-order valence-corrected chi connectivity index (χ2v) is 4.02. The fraction of sp³-hybridized carbons (Fsp3) is 0.800. The van der Waals surface area contributed by atoms with E-state index < -0.39 is 5.92 Å². The van der Waals surface area contributed by atoms with Crippen LogP contribution in [-0.4, -0.2) is 42.9 Å². The molecule has 1 atom stereocenters. The van der Waals surface area contributed by atoms with Gasteiger partial charge in [-0.2, -0.15) is 0 Å². The van der Waals surface area contributed by atoms with E-state index in [4.69, 9.17) is 0 Å². The number of ether oxygens (including phenoxy) is 1. The number of nitrogens with zero attached hydrogens (tertiary/aromatic N) is 1. The number of methoxy groups -OCH3 is 1. The molecule has 0 aromatic rings. The number of carbonyl (C=O) groups is 2. The van der Waals surface area contributed by atoms with Gasteiger partial charge in [0.25, 0.3) is 0 Å². The first kappa shape index (κ1) is 9.65. The summed E-state index contributed by atoms with van der Waals surface area (Å²) in [6.45, 7) is 1.38. The topological polar surface area (TPSA) is 46.6 Å². The highest BCUT2D eigenvalue weighted by atomic mass is 16.5. The summed E-state index contributed by atoms with van der Waals surface area (Å²) < 4.78 is 4.62. The average Bonchev–Trinajstić information content (AvgIpc) is 3.01. The van der Waals surface area contributed by atoms with E-state index in [9.17, 15) is 9.59 Å². The summed E-state index contributed by atoms with van der Waals surface area (Å²) in [6.07, 6.45) is 2.92. The maximum Gasteiger partial charge on any atom is 0.317 e. The summed E-state index contributed by atoms with van der Waals surface area (Å²) in [5, 5.41) is 0. The number of carbonyl (C=O) groups excluding carboxylic acids is 2. The van der Waals surface area contributed by atoms with Gasteiger partial charge in [-0.25, -0.2) is 0 Å². The quantitative estimate of drug-likeness (QED) is 0.469. The number of esters is 1. The van der Waals surface area contributed by atoms with Gasteiger partial charge in [0.2, 0.25) is 0 Å². The minimum Gasteiger partial charge on any atom is -0.468 e. The third-order valence-electron chi connectivity index (χ3n) is 3.00. The van der Waals surface area contributed by atoms with E-state index in [0.717, 1.165) is 6.54 Å². The number of Topliss-reactive ketones (excluding diaryl/α,β-unsaturated/α-hetero) is 1. The van der Waals surface area contributed by atoms with Gasteiger partial charge >= 0.3 is 5.97 Å². The molecule has 0 spiro atoms. The van der Waals surface area contributed by atoms with Crippen LogP contribution in [0, 0.1) is 5.92 Å². The molecule has 0 unspecified atom stereocenters. The van der Waals surface area contributed by atoms with Crippen molar-refractivity contribution in [1.29, 1.82) is 0 Å². The fourth-order valence-electron chi connectivity index (χ4n) is 1.98. The third-order valence-corrected chi connectivity index (χ3v) is 3.00. The lowest BCUT2D eigenvalue weighted by Gasteiger charge is -2.30. The van der Waals surface area contributed by atoms with Crippen molar-refractivity contribution in [2.24, 2.45) is 5.92 Å². The highest BCUT2D eigenvalue weighted by Gasteiger charge is 2.39. The maximum atomic E-state index is 11.5. The molecule has 2 aliphatic rings. The Balaban J connectivity index is 1.98. The summed E-state index contributed by atoms with van der Waals surface area (Å²) in [5.74, 6) is -0.872. The lowest BCUT2D eigenvalue weighted by atomic mass is 9.96. The first-order valence-electron chi connectivity index (χ1n) is 5.07. The van der Waals surface area contributed by atoms with E-state index in [1.165, 1.54) is 20.0 Å². The first-order valence-corrected chi connectivity index (χ1v) is 5.07. The Kier molecular flexibility index (Phi) is 2.54. The molecule has 0 radical (unpaired) electrons. The van der Waals surface area contributed by atoms with E-state index in [0.29, 0.717) is 19.0 Å². The van der Waals surface area contributed by atoms with Gasteiger partial charge in [0.1, 0.15) is 11.7 Å². The van der Waals surface area contributed by atoms with Crippen molar-refractivity contribution in [3.63, 3.8) is 0 Å². The Morgan fingerprint density at radius 1 is 1.50 bits per heavy atom. The van der Waals surface area contributed by atoms with Crippen molar-refractivity contribution in [2.45, 2.75) is 25.3 Å². The summed E-state index contributed by atoms with van der Waals surface area (Å²) in [4.78, 5) is 25.0. The second-order valence-electron chi connectivity index (χ2n) is 4.02. The lowest BCUT2D eigenvalue weighted by Crippen LogP contribution is -2.45. The maximum absolute atomic E-state index is 11.5. The standard InChI is InChI=1S/C10H15NO3/c1-14-10(13)8-6-11(7-2-3-7)5-4-9(8)12/h7-8H,2-6H2,1H3/t8-/m1/s1. The van der Waals surface area contributed by atoms with E-state index in [1.54, 1.807) is 0 Å². The SMILES string of the molecule is COC(=O)[C@@H]1CN(C2CC2)CCC1=O. The van der Waals surface area contributed by atoms with Crippen LogP contribution in [0.25, 0.3) is 0 Å². The number of likely N-dealkylation sites (tertiary alicyclic amines) is 1. The number of piperidine rings is 1. The van der Waals surface area contributed by atoms with E-state index in [1.807, 2.05) is 0 Å². The van der Waals surface area contributed by atoms with Gasteiger partial charge in [0, 0.05) is 25.6 Å². The zero-order valence-corrected chi connectivity index (χ0v) is 8.36.